The Hall–Kier alpha value is -3.13. The monoisotopic (exact) mass is 568 g/mol. The molecule has 0 spiro atoms. The maximum absolute atomic E-state index is 14.4. The van der Waals surface area contributed by atoms with Crippen LogP contribution in [-0.2, 0) is 14.3 Å². The number of aromatic nitrogens is 2. The van der Waals surface area contributed by atoms with Gasteiger partial charge in [0.25, 0.3) is 0 Å². The minimum atomic E-state index is -1.82. The third-order valence-corrected chi connectivity index (χ3v) is 7.16. The number of fused-ring (bicyclic) bond motifs is 1. The van der Waals surface area contributed by atoms with Crippen molar-refractivity contribution in [1.82, 2.24) is 14.9 Å². The minimum absolute atomic E-state index is 0.00130. The number of carboxylic acids is 2. The van der Waals surface area contributed by atoms with Gasteiger partial charge >= 0.3 is 11.9 Å². The zero-order valence-corrected chi connectivity index (χ0v) is 22.1. The fraction of sp³-hybridized carbons (Fsp3) is 0.423. The first kappa shape index (κ1) is 30.4. The van der Waals surface area contributed by atoms with Gasteiger partial charge in [0, 0.05) is 24.1 Å². The molecule has 1 aliphatic rings. The third kappa shape index (κ3) is 8.43. The number of nitrogens with zero attached hydrogens (tertiary/aromatic N) is 2. The van der Waals surface area contributed by atoms with Crippen LogP contribution < -0.4 is 5.73 Å². The average molecular weight is 569 g/mol. The van der Waals surface area contributed by atoms with Crippen LogP contribution in [0.25, 0.3) is 11.0 Å². The molecule has 4 rings (SSSR count). The highest BCUT2D eigenvalue weighted by molar-refractivity contribution is 7.99. The van der Waals surface area contributed by atoms with Gasteiger partial charge in [-0.15, -0.1) is 11.8 Å². The number of aliphatic carboxylic acids is 2. The number of piperidine rings is 1. The Bertz CT molecular complexity index is 1270. The normalized spacial score (nSPS) is 15.1. The Morgan fingerprint density at radius 2 is 1.85 bits per heavy atom. The highest BCUT2D eigenvalue weighted by Crippen LogP contribution is 2.33. The first-order chi connectivity index (χ1) is 18.6. The number of halogens is 3. The highest BCUT2D eigenvalue weighted by atomic mass is 32.2. The van der Waals surface area contributed by atoms with E-state index in [9.17, 15) is 13.2 Å². The van der Waals surface area contributed by atoms with Crippen molar-refractivity contribution in [3.63, 3.8) is 0 Å². The molecule has 1 unspecified atom stereocenters. The lowest BCUT2D eigenvalue weighted by Gasteiger charge is -2.31. The van der Waals surface area contributed by atoms with Crippen LogP contribution in [0, 0.1) is 17.5 Å². The maximum atomic E-state index is 14.4. The standard InChI is InChI=1S/C24H29F3N4OS.C2H2O4/c1-31-10-7-16(8-11-31)32-23(15-5-4-6-17(13-15)33-12-3-2-9-28)24-29-19-14-18(25)20(26)21(27)22(19)30-24;3-1(4)2(5)6/h4-6,13-14,16,23H,2-3,7-12,28H2,1H3,(H,29,30);(H,3,4)(H,5,6). The zero-order chi connectivity index (χ0) is 28.5. The van der Waals surface area contributed by atoms with E-state index in [0.29, 0.717) is 12.4 Å². The molecule has 3 aromatic rings. The van der Waals surface area contributed by atoms with E-state index < -0.39 is 35.5 Å². The largest absolute Gasteiger partial charge is 0.473 e. The molecule has 1 fully saturated rings. The van der Waals surface area contributed by atoms with Crippen molar-refractivity contribution >= 4 is 34.7 Å². The Labute approximate surface area is 227 Å². The number of benzene rings is 2. The number of likely N-dealkylation sites (tertiary alicyclic amines) is 1. The maximum Gasteiger partial charge on any atom is 0.414 e. The van der Waals surface area contributed by atoms with Gasteiger partial charge in [-0.1, -0.05) is 12.1 Å². The lowest BCUT2D eigenvalue weighted by molar-refractivity contribution is -0.159. The van der Waals surface area contributed by atoms with Crippen molar-refractivity contribution in [3.8, 4) is 0 Å². The number of thioether (sulfide) groups is 1. The van der Waals surface area contributed by atoms with Gasteiger partial charge in [-0.2, -0.15) is 0 Å². The van der Waals surface area contributed by atoms with E-state index in [2.05, 4.69) is 21.9 Å². The SMILES string of the molecule is CN1CCC(OC(c2cccc(SCCCCN)c2)c2nc3c(F)c(F)c(F)cc3[nH]2)CC1.O=C(O)C(=O)O. The molecule has 1 aromatic heterocycles. The van der Waals surface area contributed by atoms with E-state index >= 15 is 0 Å². The topological polar surface area (TPSA) is 142 Å². The third-order valence-electron chi connectivity index (χ3n) is 6.08. The summed E-state index contributed by atoms with van der Waals surface area (Å²) in [4.78, 5) is 28.8. The van der Waals surface area contributed by atoms with Crippen molar-refractivity contribution in [3.05, 3.63) is 59.2 Å². The molecule has 2 heterocycles. The molecule has 1 saturated heterocycles. The highest BCUT2D eigenvalue weighted by Gasteiger charge is 2.27. The van der Waals surface area contributed by atoms with Crippen molar-refractivity contribution in [2.45, 2.75) is 42.8 Å². The van der Waals surface area contributed by atoms with E-state index in [-0.39, 0.29) is 17.1 Å². The van der Waals surface area contributed by atoms with Gasteiger partial charge < -0.3 is 30.6 Å². The first-order valence-electron chi connectivity index (χ1n) is 12.4. The van der Waals surface area contributed by atoms with Gasteiger partial charge in [0.1, 0.15) is 17.4 Å². The van der Waals surface area contributed by atoms with E-state index in [1.54, 1.807) is 11.8 Å². The summed E-state index contributed by atoms with van der Waals surface area (Å²) in [5.41, 5.74) is 6.32. The number of carbonyl (C=O) groups is 2. The molecule has 212 valence electrons. The summed E-state index contributed by atoms with van der Waals surface area (Å²) in [5.74, 6) is -6.43. The predicted molar refractivity (Wildman–Crippen MR) is 140 cm³/mol. The number of aromatic amines is 1. The van der Waals surface area contributed by atoms with E-state index in [0.717, 1.165) is 61.1 Å². The molecule has 39 heavy (non-hydrogen) atoms. The van der Waals surface area contributed by atoms with Crippen molar-refractivity contribution < 1.29 is 37.7 Å². The second-order valence-electron chi connectivity index (χ2n) is 9.05. The second kappa shape index (κ2) is 14.3. The lowest BCUT2D eigenvalue weighted by atomic mass is 10.1. The second-order valence-corrected chi connectivity index (χ2v) is 10.2. The van der Waals surface area contributed by atoms with E-state index in [4.69, 9.17) is 30.3 Å². The molecule has 13 heteroatoms. The van der Waals surface area contributed by atoms with Gasteiger partial charge in [-0.05, 0) is 62.7 Å². The van der Waals surface area contributed by atoms with Crippen LogP contribution in [0.1, 0.15) is 43.2 Å². The summed E-state index contributed by atoms with van der Waals surface area (Å²) in [5, 5.41) is 14.8. The van der Waals surface area contributed by atoms with Gasteiger partial charge in [0.05, 0.1) is 11.6 Å². The summed E-state index contributed by atoms with van der Waals surface area (Å²) in [6, 6.07) is 8.90. The molecule has 0 saturated carbocycles. The Kier molecular flexibility index (Phi) is 11.2. The quantitative estimate of drug-likeness (QED) is 0.130. The summed E-state index contributed by atoms with van der Waals surface area (Å²) in [6.07, 6.45) is 3.11. The molecular weight excluding hydrogens is 537 g/mol. The predicted octanol–water partition coefficient (Wildman–Crippen LogP) is 4.17. The summed E-state index contributed by atoms with van der Waals surface area (Å²) in [6.45, 7) is 2.51. The molecule has 0 amide bonds. The van der Waals surface area contributed by atoms with Crippen LogP contribution in [0.5, 0.6) is 0 Å². The lowest BCUT2D eigenvalue weighted by Crippen LogP contribution is -2.35. The number of ether oxygens (including phenoxy) is 1. The fourth-order valence-corrected chi connectivity index (χ4v) is 5.00. The molecule has 9 nitrogen and oxygen atoms in total. The minimum Gasteiger partial charge on any atom is -0.473 e. The number of hydrogen-bond donors (Lipinski definition) is 4. The molecule has 1 atom stereocenters. The number of rotatable bonds is 9. The Balaban J connectivity index is 0.000000631. The van der Waals surface area contributed by atoms with Crippen molar-refractivity contribution in [1.29, 1.82) is 0 Å². The number of carboxylic acid groups (broad SMARTS) is 2. The number of imidazole rings is 1. The molecular formula is C26H31F3N4O5S. The molecule has 2 aromatic carbocycles. The van der Waals surface area contributed by atoms with Crippen LogP contribution in [0.15, 0.2) is 35.2 Å². The fourth-order valence-electron chi connectivity index (χ4n) is 4.02. The number of hydrogen-bond acceptors (Lipinski definition) is 7. The van der Waals surface area contributed by atoms with Gasteiger partial charge in [-0.25, -0.2) is 27.7 Å². The smallest absolute Gasteiger partial charge is 0.414 e. The molecule has 0 aliphatic carbocycles. The summed E-state index contributed by atoms with van der Waals surface area (Å²) in [7, 11) is 2.07. The van der Waals surface area contributed by atoms with E-state index in [1.807, 2.05) is 24.3 Å². The number of unbranched alkanes of at least 4 members (excludes halogenated alkanes) is 1. The van der Waals surface area contributed by atoms with Crippen LogP contribution in [0.3, 0.4) is 0 Å². The zero-order valence-electron chi connectivity index (χ0n) is 21.3. The van der Waals surface area contributed by atoms with Crippen LogP contribution >= 0.6 is 11.8 Å². The molecule has 0 bridgehead atoms. The van der Waals surface area contributed by atoms with Gasteiger partial charge in [0.2, 0.25) is 0 Å². The van der Waals surface area contributed by atoms with Crippen LogP contribution in [-0.4, -0.2) is 75.6 Å². The molecule has 0 radical (unpaired) electrons. The van der Waals surface area contributed by atoms with Gasteiger partial charge in [0.15, 0.2) is 17.5 Å². The summed E-state index contributed by atoms with van der Waals surface area (Å²) < 4.78 is 48.4. The Morgan fingerprint density at radius 1 is 1.15 bits per heavy atom. The van der Waals surface area contributed by atoms with Crippen LogP contribution in [0.2, 0.25) is 0 Å². The van der Waals surface area contributed by atoms with Crippen molar-refractivity contribution in [2.75, 3.05) is 32.4 Å². The summed E-state index contributed by atoms with van der Waals surface area (Å²) >= 11 is 1.74. The average Bonchev–Trinajstić information content (AvgIpc) is 3.33. The van der Waals surface area contributed by atoms with E-state index in [1.165, 1.54) is 0 Å². The van der Waals surface area contributed by atoms with Gasteiger partial charge in [-0.3, -0.25) is 0 Å². The molecule has 5 N–H and O–H groups in total. The number of nitrogens with one attached hydrogen (secondary N) is 1. The first-order valence-corrected chi connectivity index (χ1v) is 13.3. The number of H-pyrrole nitrogens is 1. The Morgan fingerprint density at radius 3 is 2.49 bits per heavy atom. The number of nitrogens with two attached hydrogens (primary N) is 1. The van der Waals surface area contributed by atoms with Crippen molar-refractivity contribution in [2.24, 2.45) is 5.73 Å². The molecule has 1 aliphatic heterocycles. The van der Waals surface area contributed by atoms with Crippen LogP contribution in [0.4, 0.5) is 13.2 Å².